The fraction of sp³-hybridized carbons (Fsp3) is 0.345. The number of carbonyl (C=O) groups excluding carboxylic acids is 3. The summed E-state index contributed by atoms with van der Waals surface area (Å²) in [6, 6.07) is 18.4. The van der Waals surface area contributed by atoms with Gasteiger partial charge in [0.15, 0.2) is 0 Å². The molecule has 2 aliphatic rings. The molecule has 8 nitrogen and oxygen atoms in total. The molecule has 2 fully saturated rings. The maximum atomic E-state index is 13.4. The van der Waals surface area contributed by atoms with Gasteiger partial charge in [0, 0.05) is 56.9 Å². The Bertz CT molecular complexity index is 1260. The highest BCUT2D eigenvalue weighted by Gasteiger charge is 2.24. The van der Waals surface area contributed by atoms with Gasteiger partial charge in [-0.1, -0.05) is 24.3 Å². The number of hydrogen-bond acceptors (Lipinski definition) is 6. The van der Waals surface area contributed by atoms with Gasteiger partial charge in [-0.05, 0) is 61.2 Å². The van der Waals surface area contributed by atoms with Gasteiger partial charge in [-0.15, -0.1) is 11.3 Å². The molecule has 3 amide bonds. The molecule has 0 spiro atoms. The minimum absolute atomic E-state index is 0.0287. The van der Waals surface area contributed by atoms with Crippen molar-refractivity contribution >= 4 is 40.4 Å². The van der Waals surface area contributed by atoms with E-state index in [9.17, 15) is 14.4 Å². The van der Waals surface area contributed by atoms with E-state index in [1.807, 2.05) is 57.6 Å². The van der Waals surface area contributed by atoms with Crippen LogP contribution in [0.5, 0.6) is 0 Å². The van der Waals surface area contributed by atoms with Crippen molar-refractivity contribution in [2.45, 2.75) is 12.8 Å². The summed E-state index contributed by atoms with van der Waals surface area (Å²) in [7, 11) is 0. The van der Waals surface area contributed by atoms with Gasteiger partial charge in [-0.2, -0.15) is 0 Å². The van der Waals surface area contributed by atoms with E-state index in [0.717, 1.165) is 43.0 Å². The second kappa shape index (κ2) is 12.2. The molecule has 2 N–H and O–H groups in total. The van der Waals surface area contributed by atoms with Gasteiger partial charge < -0.3 is 25.3 Å². The van der Waals surface area contributed by atoms with Gasteiger partial charge >= 0.3 is 0 Å². The number of thiophene rings is 1. The van der Waals surface area contributed by atoms with E-state index in [4.69, 9.17) is 0 Å². The lowest BCUT2D eigenvalue weighted by Gasteiger charge is -2.27. The maximum absolute atomic E-state index is 13.4. The van der Waals surface area contributed by atoms with E-state index in [0.29, 0.717) is 49.5 Å². The van der Waals surface area contributed by atoms with Crippen LogP contribution in [0.25, 0.3) is 0 Å². The van der Waals surface area contributed by atoms with Gasteiger partial charge in [0.05, 0.1) is 16.3 Å². The van der Waals surface area contributed by atoms with Gasteiger partial charge in [0.2, 0.25) is 0 Å². The molecule has 0 bridgehead atoms. The van der Waals surface area contributed by atoms with E-state index in [-0.39, 0.29) is 17.7 Å². The highest BCUT2D eigenvalue weighted by Crippen LogP contribution is 2.30. The van der Waals surface area contributed by atoms with Crippen LogP contribution in [0.4, 0.5) is 11.4 Å². The standard InChI is InChI=1S/C29H33N5O3S/c35-27(22-7-2-1-3-8-22)31-24-21-23(28(36)33-14-5-12-30-13-17-33)10-11-25(24)32-15-6-16-34(19-18-32)29(37)26-9-4-20-38-26/h1-4,7-11,20-21,30H,5-6,12-19H2,(H,31,35). The van der Waals surface area contributed by atoms with E-state index in [1.54, 1.807) is 18.2 Å². The topological polar surface area (TPSA) is 85.0 Å². The molecule has 3 heterocycles. The second-order valence-corrected chi connectivity index (χ2v) is 10.5. The van der Waals surface area contributed by atoms with Gasteiger partial charge in [-0.3, -0.25) is 14.4 Å². The molecule has 3 aromatic rings. The molecular weight excluding hydrogens is 498 g/mol. The summed E-state index contributed by atoms with van der Waals surface area (Å²) in [6.07, 6.45) is 1.72. The van der Waals surface area contributed by atoms with Crippen molar-refractivity contribution in [3.05, 3.63) is 82.0 Å². The number of hydrogen-bond donors (Lipinski definition) is 2. The van der Waals surface area contributed by atoms with Crippen molar-refractivity contribution in [3.8, 4) is 0 Å². The van der Waals surface area contributed by atoms with E-state index < -0.39 is 0 Å². The lowest BCUT2D eigenvalue weighted by Crippen LogP contribution is -2.35. The lowest BCUT2D eigenvalue weighted by atomic mass is 10.1. The summed E-state index contributed by atoms with van der Waals surface area (Å²) in [5, 5.41) is 8.32. The first kappa shape index (κ1) is 25.9. The van der Waals surface area contributed by atoms with Crippen molar-refractivity contribution in [2.75, 3.05) is 62.6 Å². The third kappa shape index (κ3) is 6.06. The van der Waals surface area contributed by atoms with E-state index in [1.165, 1.54) is 11.3 Å². The molecule has 2 aromatic carbocycles. The molecule has 1 aromatic heterocycles. The Hall–Kier alpha value is -3.69. The Labute approximate surface area is 227 Å². The molecule has 0 unspecified atom stereocenters. The monoisotopic (exact) mass is 531 g/mol. The fourth-order valence-electron chi connectivity index (χ4n) is 4.98. The van der Waals surface area contributed by atoms with Crippen LogP contribution in [0.3, 0.4) is 0 Å². The molecule has 38 heavy (non-hydrogen) atoms. The minimum atomic E-state index is -0.222. The molecule has 0 radical (unpaired) electrons. The van der Waals surface area contributed by atoms with Crippen LogP contribution in [0.15, 0.2) is 66.0 Å². The summed E-state index contributed by atoms with van der Waals surface area (Å²) in [5.41, 5.74) is 2.57. The summed E-state index contributed by atoms with van der Waals surface area (Å²) in [4.78, 5) is 46.2. The maximum Gasteiger partial charge on any atom is 0.263 e. The molecule has 5 rings (SSSR count). The SMILES string of the molecule is O=C(Nc1cc(C(=O)N2CCCNCC2)ccc1N1CCCN(C(=O)c2cccs2)CC1)c1ccccc1. The van der Waals surface area contributed by atoms with E-state index in [2.05, 4.69) is 15.5 Å². The average molecular weight is 532 g/mol. The van der Waals surface area contributed by atoms with Gasteiger partial charge in [-0.25, -0.2) is 0 Å². The first-order chi connectivity index (χ1) is 18.6. The number of nitrogens with one attached hydrogen (secondary N) is 2. The van der Waals surface area contributed by atoms with Crippen LogP contribution in [0.1, 0.15) is 43.2 Å². The average Bonchev–Trinajstić information content (AvgIpc) is 3.20. The predicted molar refractivity (Wildman–Crippen MR) is 151 cm³/mol. The first-order valence-corrected chi connectivity index (χ1v) is 14.1. The zero-order valence-electron chi connectivity index (χ0n) is 21.4. The second-order valence-electron chi connectivity index (χ2n) is 9.56. The van der Waals surface area contributed by atoms with E-state index >= 15 is 0 Å². The fourth-order valence-corrected chi connectivity index (χ4v) is 5.67. The van der Waals surface area contributed by atoms with Crippen molar-refractivity contribution in [3.63, 3.8) is 0 Å². The van der Waals surface area contributed by atoms with Crippen molar-refractivity contribution in [1.82, 2.24) is 15.1 Å². The number of benzene rings is 2. The summed E-state index contributed by atoms with van der Waals surface area (Å²) in [5.74, 6) is -0.189. The largest absolute Gasteiger partial charge is 0.368 e. The normalized spacial score (nSPS) is 16.5. The first-order valence-electron chi connectivity index (χ1n) is 13.2. The van der Waals surface area contributed by atoms with Crippen molar-refractivity contribution < 1.29 is 14.4 Å². The number of carbonyl (C=O) groups is 3. The zero-order valence-corrected chi connectivity index (χ0v) is 22.2. The Morgan fingerprint density at radius 2 is 1.55 bits per heavy atom. The van der Waals surface area contributed by atoms with Crippen LogP contribution in [0, 0.1) is 0 Å². The summed E-state index contributed by atoms with van der Waals surface area (Å²) < 4.78 is 0. The molecule has 9 heteroatoms. The molecule has 198 valence electrons. The summed E-state index contributed by atoms with van der Waals surface area (Å²) in [6.45, 7) is 5.69. The van der Waals surface area contributed by atoms with Crippen LogP contribution in [-0.2, 0) is 0 Å². The highest BCUT2D eigenvalue weighted by atomic mass is 32.1. The van der Waals surface area contributed by atoms with Crippen LogP contribution < -0.4 is 15.5 Å². The smallest absolute Gasteiger partial charge is 0.263 e. The van der Waals surface area contributed by atoms with Crippen molar-refractivity contribution in [1.29, 1.82) is 0 Å². The van der Waals surface area contributed by atoms with Crippen molar-refractivity contribution in [2.24, 2.45) is 0 Å². The number of anilines is 2. The van der Waals surface area contributed by atoms with Crippen LogP contribution in [0.2, 0.25) is 0 Å². The van der Waals surface area contributed by atoms with Crippen LogP contribution in [-0.4, -0.2) is 79.9 Å². The molecule has 0 saturated carbocycles. The minimum Gasteiger partial charge on any atom is -0.368 e. The quantitative estimate of drug-likeness (QED) is 0.524. The Morgan fingerprint density at radius 3 is 2.37 bits per heavy atom. The van der Waals surface area contributed by atoms with Gasteiger partial charge in [0.25, 0.3) is 17.7 Å². The molecule has 0 atom stereocenters. The third-order valence-electron chi connectivity index (χ3n) is 7.01. The Balaban J connectivity index is 1.39. The zero-order chi connectivity index (χ0) is 26.3. The van der Waals surface area contributed by atoms with Gasteiger partial charge in [0.1, 0.15) is 0 Å². The summed E-state index contributed by atoms with van der Waals surface area (Å²) >= 11 is 1.46. The molecule has 0 aliphatic carbocycles. The Kier molecular flexibility index (Phi) is 8.35. The number of nitrogens with zero attached hydrogens (tertiary/aromatic N) is 3. The molecule has 2 saturated heterocycles. The third-order valence-corrected chi connectivity index (χ3v) is 7.87. The lowest BCUT2D eigenvalue weighted by molar-refractivity contribution is 0.0761. The highest BCUT2D eigenvalue weighted by molar-refractivity contribution is 7.12. The van der Waals surface area contributed by atoms with Crippen LogP contribution >= 0.6 is 11.3 Å². The molecule has 2 aliphatic heterocycles. The number of rotatable bonds is 5. The molecular formula is C29H33N5O3S. The Morgan fingerprint density at radius 1 is 0.737 bits per heavy atom. The number of amides is 3. The predicted octanol–water partition coefficient (Wildman–Crippen LogP) is 3.79.